The van der Waals surface area contributed by atoms with Crippen LogP contribution in [0.25, 0.3) is 10.9 Å². The van der Waals surface area contributed by atoms with Crippen molar-refractivity contribution in [2.75, 3.05) is 48.1 Å². The van der Waals surface area contributed by atoms with Gasteiger partial charge in [0.15, 0.2) is 18.7 Å². The fourth-order valence-electron chi connectivity index (χ4n) is 12.3. The molecule has 21 nitrogen and oxygen atoms in total. The van der Waals surface area contributed by atoms with E-state index in [1.54, 1.807) is 47.6 Å². The van der Waals surface area contributed by atoms with Crippen molar-refractivity contribution in [3.63, 3.8) is 0 Å². The van der Waals surface area contributed by atoms with E-state index in [1.165, 1.54) is 34.3 Å². The number of amides is 1. The first-order chi connectivity index (χ1) is 36.1. The Labute approximate surface area is 452 Å². The van der Waals surface area contributed by atoms with E-state index < -0.39 is 119 Å². The van der Waals surface area contributed by atoms with Crippen LogP contribution in [-0.4, -0.2) is 186 Å². The number of ketones is 1. The van der Waals surface area contributed by atoms with Gasteiger partial charge in [0.2, 0.25) is 5.43 Å². The third kappa shape index (κ3) is 13.6. The van der Waals surface area contributed by atoms with Crippen molar-refractivity contribution in [1.29, 1.82) is 0 Å². The molecule has 77 heavy (non-hydrogen) atoms. The molecule has 1 aromatic heterocycles. The number of methoxy groups -OCH3 is 2. The summed E-state index contributed by atoms with van der Waals surface area (Å²) in [6.07, 6.45) is -7.17. The van der Waals surface area contributed by atoms with Crippen LogP contribution < -0.4 is 10.7 Å². The minimum absolute atomic E-state index is 0.0108. The van der Waals surface area contributed by atoms with Crippen LogP contribution in [0, 0.1) is 23.7 Å². The maximum Gasteiger partial charge on any atom is 0.407 e. The number of benzene rings is 1. The zero-order valence-corrected chi connectivity index (χ0v) is 47.6. The molecule has 0 aliphatic carbocycles. The predicted molar refractivity (Wildman–Crippen MR) is 281 cm³/mol. The number of likely N-dealkylation sites (N-methyl/N-ethyl adjacent to an activating group) is 1. The summed E-state index contributed by atoms with van der Waals surface area (Å²) >= 11 is 0. The van der Waals surface area contributed by atoms with E-state index in [1.807, 2.05) is 37.4 Å². The summed E-state index contributed by atoms with van der Waals surface area (Å²) in [6, 6.07) is 3.48. The first-order valence-electron chi connectivity index (χ1n) is 27.3. The fourth-order valence-corrected chi connectivity index (χ4v) is 12.3. The number of esters is 1. The van der Waals surface area contributed by atoms with E-state index in [0.29, 0.717) is 44.2 Å². The molecule has 0 bridgehead atoms. The molecule has 21 heteroatoms. The van der Waals surface area contributed by atoms with Crippen LogP contribution in [0.4, 0.5) is 4.79 Å². The summed E-state index contributed by atoms with van der Waals surface area (Å²) in [5.41, 5.74) is -2.59. The molecule has 5 N–H and O–H groups in total. The molecule has 18 atom stereocenters. The largest absolute Gasteiger partial charge is 0.477 e. The number of carboxylic acids is 1. The standard InChI is InChI=1S/C56H87N3O18/c1-15-40-56(10,68)47(63)31(4)43(60)29(2)26-54(8,69-13)48(76-52-45(62)39(58(11)12)23-30(3)72-52)32(5)46(33(6)51(66)74-40)75-41-27-55(9,70-14)49(34(7)73-41)77-53(67)57-19-22-71-21-16-17-35-24-36-18-20-59-28-38(50(64)65)44(61)37(25-35)42(36)59/h24-25,28-34,39-41,45-49,52,62-63,68H,15-23,26-27H2,1-14H3,(H,57,67)(H,64,65)/t29-,30-,31+,32+,33-,34+,39+,40-,41+,45-,46+,47-,48-,49+,52?,54-,55-,56-/m1/s1. The Bertz CT molecular complexity index is 2450. The van der Waals surface area contributed by atoms with Gasteiger partial charge in [0.1, 0.15) is 34.8 Å². The molecular weight excluding hydrogens is 1000 g/mol. The van der Waals surface area contributed by atoms with Gasteiger partial charge in [-0.15, -0.1) is 0 Å². The van der Waals surface area contributed by atoms with Crippen molar-refractivity contribution < 1.29 is 82.2 Å². The lowest BCUT2D eigenvalue weighted by Crippen LogP contribution is -2.62. The average Bonchev–Trinajstić information content (AvgIpc) is 3.88. The summed E-state index contributed by atoms with van der Waals surface area (Å²) in [4.78, 5) is 68.8. The van der Waals surface area contributed by atoms with E-state index in [9.17, 15) is 44.4 Å². The predicted octanol–water partition coefficient (Wildman–Crippen LogP) is 4.39. The monoisotopic (exact) mass is 1090 g/mol. The molecule has 4 aliphatic rings. The number of Topliss-reactive ketones (excluding diaryl/α,β-unsaturated/α-hetero) is 1. The summed E-state index contributed by atoms with van der Waals surface area (Å²) < 4.78 is 58.7. The SMILES string of the molecule is CC[C@H]1OC(=O)[C@H](C)[C@@H](O[C@H]2C[C@@](C)(OC)[C@@H](OC(=O)NCCOCCCc3cc4c5c(c3)c(=O)c(C(=O)O)cn5CC4)[C@H](C)O2)[C@H](C)[C@@H](OC2O[C@H](C)C[C@H](N(C)C)[C@H]2O)[C@](C)(OC)C[C@@H](C)C(=O)[C@H](C)[C@@H](O)[C@]1(C)O. The van der Waals surface area contributed by atoms with Crippen LogP contribution in [0.3, 0.4) is 0 Å². The van der Waals surface area contributed by atoms with Crippen molar-refractivity contribution in [1.82, 2.24) is 14.8 Å². The van der Waals surface area contributed by atoms with Gasteiger partial charge < -0.3 is 77.8 Å². The minimum Gasteiger partial charge on any atom is -0.477 e. The van der Waals surface area contributed by atoms with Crippen LogP contribution in [-0.2, 0) is 71.6 Å². The van der Waals surface area contributed by atoms with E-state index in [2.05, 4.69) is 11.4 Å². The highest BCUT2D eigenvalue weighted by molar-refractivity contribution is 5.94. The number of rotatable bonds is 17. The van der Waals surface area contributed by atoms with Gasteiger partial charge in [-0.2, -0.15) is 0 Å². The van der Waals surface area contributed by atoms with Crippen molar-refractivity contribution in [3.8, 4) is 0 Å². The van der Waals surface area contributed by atoms with Crippen molar-refractivity contribution in [2.45, 2.75) is 205 Å². The molecule has 6 rings (SSSR count). The van der Waals surface area contributed by atoms with Gasteiger partial charge in [-0.1, -0.05) is 33.8 Å². The Morgan fingerprint density at radius 2 is 1.58 bits per heavy atom. The zero-order valence-electron chi connectivity index (χ0n) is 47.6. The van der Waals surface area contributed by atoms with Gasteiger partial charge in [-0.25, -0.2) is 9.59 Å². The third-order valence-electron chi connectivity index (χ3n) is 16.9. The maximum atomic E-state index is 14.6. The molecule has 1 unspecified atom stereocenters. The topological polar surface area (TPSA) is 270 Å². The first kappa shape index (κ1) is 62.1. The number of aryl methyl sites for hydroxylation is 3. The summed E-state index contributed by atoms with van der Waals surface area (Å²) in [5.74, 6) is -6.12. The van der Waals surface area contributed by atoms with Gasteiger partial charge >= 0.3 is 18.0 Å². The number of alkyl carbamates (subject to hydrolysis) is 1. The maximum absolute atomic E-state index is 14.6. The number of carbonyl (C=O) groups excluding carboxylic acids is 3. The highest BCUT2D eigenvalue weighted by atomic mass is 16.7. The van der Waals surface area contributed by atoms with Crippen LogP contribution in [0.1, 0.15) is 123 Å². The van der Waals surface area contributed by atoms with E-state index in [4.69, 9.17) is 42.6 Å². The minimum atomic E-state index is -2.03. The molecule has 2 aromatic rings. The van der Waals surface area contributed by atoms with Gasteiger partial charge in [0, 0.05) is 75.7 Å². The number of aromatic carboxylic acids is 1. The number of aliphatic hydroxyl groups excluding tert-OH is 2. The fraction of sp³-hybridized carbons (Fsp3) is 0.768. The second kappa shape index (κ2) is 25.5. The molecule has 3 fully saturated rings. The summed E-state index contributed by atoms with van der Waals surface area (Å²) in [5, 5.41) is 48.0. The zero-order chi connectivity index (χ0) is 57.1. The van der Waals surface area contributed by atoms with Crippen molar-refractivity contribution >= 4 is 34.7 Å². The van der Waals surface area contributed by atoms with Crippen molar-refractivity contribution in [2.24, 2.45) is 23.7 Å². The number of nitrogens with one attached hydrogen (secondary N) is 1. The number of hydrogen-bond acceptors (Lipinski definition) is 18. The van der Waals surface area contributed by atoms with Crippen LogP contribution in [0.15, 0.2) is 23.1 Å². The smallest absolute Gasteiger partial charge is 0.407 e. The lowest BCUT2D eigenvalue weighted by molar-refractivity contribution is -0.319. The summed E-state index contributed by atoms with van der Waals surface area (Å²) in [7, 11) is 6.69. The molecule has 0 saturated carbocycles. The first-order valence-corrected chi connectivity index (χ1v) is 27.3. The molecule has 434 valence electrons. The molecule has 4 aliphatic heterocycles. The van der Waals surface area contributed by atoms with E-state index >= 15 is 0 Å². The molecule has 1 aromatic carbocycles. The highest BCUT2D eigenvalue weighted by Crippen LogP contribution is 2.42. The third-order valence-corrected chi connectivity index (χ3v) is 16.9. The Kier molecular flexibility index (Phi) is 20.6. The Balaban J connectivity index is 1.16. The summed E-state index contributed by atoms with van der Waals surface area (Å²) in [6.45, 7) is 18.2. The number of ether oxygens (including phenoxy) is 9. The van der Waals surface area contributed by atoms with Crippen LogP contribution in [0.2, 0.25) is 0 Å². The average molecular weight is 1090 g/mol. The quantitative estimate of drug-likeness (QED) is 0.109. The number of pyridine rings is 1. The van der Waals surface area contributed by atoms with E-state index in [0.717, 1.165) is 16.6 Å². The number of nitrogens with zero attached hydrogens (tertiary/aromatic N) is 2. The normalized spacial score (nSPS) is 37.4. The Morgan fingerprint density at radius 3 is 2.22 bits per heavy atom. The van der Waals surface area contributed by atoms with E-state index in [-0.39, 0.29) is 55.9 Å². The second-order valence-electron chi connectivity index (χ2n) is 22.9. The molecule has 1 amide bonds. The van der Waals surface area contributed by atoms with Crippen LogP contribution >= 0.6 is 0 Å². The Morgan fingerprint density at radius 1 is 0.909 bits per heavy atom. The van der Waals surface area contributed by atoms with Crippen LogP contribution in [0.5, 0.6) is 0 Å². The number of cyclic esters (lactones) is 1. The number of carbonyl (C=O) groups is 4. The van der Waals surface area contributed by atoms with Gasteiger partial charge in [-0.3, -0.25) is 14.4 Å². The number of hydrogen-bond donors (Lipinski definition) is 5. The molecule has 3 saturated heterocycles. The van der Waals surface area contributed by atoms with Gasteiger partial charge in [0.25, 0.3) is 0 Å². The molecule has 5 heterocycles. The molecular formula is C56H87N3O18. The van der Waals surface area contributed by atoms with Gasteiger partial charge in [-0.05, 0) is 111 Å². The van der Waals surface area contributed by atoms with Crippen molar-refractivity contribution in [3.05, 3.63) is 45.2 Å². The van der Waals surface area contributed by atoms with Gasteiger partial charge in [0.05, 0.1) is 54.2 Å². The highest BCUT2D eigenvalue weighted by Gasteiger charge is 2.55. The lowest BCUT2D eigenvalue weighted by atomic mass is 9.74. The lowest BCUT2D eigenvalue weighted by Gasteiger charge is -2.50. The molecule has 0 radical (unpaired) electrons. The second-order valence-corrected chi connectivity index (χ2v) is 22.9. The number of aliphatic hydroxyl groups is 3. The number of carboxylic acid groups (broad SMARTS) is 1. The molecule has 0 spiro atoms. The Hall–Kier alpha value is -4.13. The number of aromatic nitrogens is 1.